The maximum absolute atomic E-state index is 14.8. The van der Waals surface area contributed by atoms with Gasteiger partial charge < -0.3 is 19.1 Å². The maximum atomic E-state index is 14.8. The van der Waals surface area contributed by atoms with E-state index in [1.807, 2.05) is 4.57 Å². The van der Waals surface area contributed by atoms with E-state index in [0.717, 1.165) is 23.8 Å². The summed E-state index contributed by atoms with van der Waals surface area (Å²) in [5.41, 5.74) is 2.11. The molecular formula is C30H26F4N4O4. The van der Waals surface area contributed by atoms with Crippen molar-refractivity contribution >= 4 is 22.6 Å². The molecule has 0 unspecified atom stereocenters. The van der Waals surface area contributed by atoms with E-state index in [1.54, 1.807) is 18.2 Å². The molecule has 2 aromatic heterocycles. The molecule has 0 radical (unpaired) electrons. The summed E-state index contributed by atoms with van der Waals surface area (Å²) in [4.78, 5) is 22.5. The zero-order valence-corrected chi connectivity index (χ0v) is 22.3. The molecule has 42 heavy (non-hydrogen) atoms. The van der Waals surface area contributed by atoms with Gasteiger partial charge in [0.2, 0.25) is 0 Å². The zero-order chi connectivity index (χ0) is 29.4. The molecule has 4 heterocycles. The summed E-state index contributed by atoms with van der Waals surface area (Å²) in [6, 6.07) is 8.46. The number of imidazole rings is 1. The van der Waals surface area contributed by atoms with Crippen LogP contribution in [0, 0.1) is 23.3 Å². The maximum Gasteiger partial charge on any atom is 0.335 e. The minimum Gasteiger partial charge on any atom is -0.478 e. The van der Waals surface area contributed by atoms with E-state index in [0.29, 0.717) is 62.4 Å². The minimum atomic E-state index is -1.03. The Morgan fingerprint density at radius 3 is 2.57 bits per heavy atom. The van der Waals surface area contributed by atoms with Crippen LogP contribution < -0.4 is 4.74 Å². The number of benzene rings is 2. The fourth-order valence-corrected chi connectivity index (χ4v) is 5.09. The SMILES string of the molecule is O=C(O)c1ccc2nc(CN3CC=C(c4nc(OCc5ccc(F)cc5F)c(F)cc4F)CC3)n(C[C@@H]3CCO3)c2c1. The fourth-order valence-electron chi connectivity index (χ4n) is 5.09. The molecule has 2 aromatic carbocycles. The van der Waals surface area contributed by atoms with Gasteiger partial charge in [0.1, 0.15) is 29.8 Å². The van der Waals surface area contributed by atoms with Gasteiger partial charge >= 0.3 is 5.97 Å². The van der Waals surface area contributed by atoms with Crippen LogP contribution >= 0.6 is 0 Å². The average molecular weight is 583 g/mol. The molecule has 0 saturated carbocycles. The van der Waals surface area contributed by atoms with Crippen molar-refractivity contribution < 1.29 is 36.9 Å². The highest BCUT2D eigenvalue weighted by Gasteiger charge is 2.25. The number of hydrogen-bond donors (Lipinski definition) is 1. The zero-order valence-electron chi connectivity index (χ0n) is 22.3. The molecule has 1 fully saturated rings. The Kier molecular flexibility index (Phi) is 7.65. The number of carboxylic acids is 1. The van der Waals surface area contributed by atoms with E-state index in [-0.39, 0.29) is 22.9 Å². The first-order chi connectivity index (χ1) is 20.2. The smallest absolute Gasteiger partial charge is 0.335 e. The van der Waals surface area contributed by atoms with Crippen LogP contribution in [0.25, 0.3) is 16.6 Å². The third kappa shape index (κ3) is 5.72. The molecule has 2 aliphatic rings. The molecule has 8 nitrogen and oxygen atoms in total. The van der Waals surface area contributed by atoms with Gasteiger partial charge in [-0.3, -0.25) is 4.90 Å². The third-order valence-corrected chi connectivity index (χ3v) is 7.49. The molecule has 1 N–H and O–H groups in total. The van der Waals surface area contributed by atoms with Crippen molar-refractivity contribution in [2.45, 2.75) is 38.6 Å². The second-order valence-corrected chi connectivity index (χ2v) is 10.3. The van der Waals surface area contributed by atoms with Gasteiger partial charge in [-0.05, 0) is 48.7 Å². The highest BCUT2D eigenvalue weighted by molar-refractivity contribution is 5.92. The molecule has 0 amide bonds. The molecule has 6 rings (SSSR count). The number of aromatic carboxylic acids is 1. The van der Waals surface area contributed by atoms with Crippen molar-refractivity contribution in [2.75, 3.05) is 19.7 Å². The first-order valence-electron chi connectivity index (χ1n) is 13.4. The topological polar surface area (TPSA) is 89.7 Å². The van der Waals surface area contributed by atoms with Gasteiger partial charge in [0.25, 0.3) is 5.88 Å². The third-order valence-electron chi connectivity index (χ3n) is 7.49. The molecule has 12 heteroatoms. The van der Waals surface area contributed by atoms with Crippen molar-refractivity contribution in [3.05, 3.63) is 94.5 Å². The standard InChI is InChI=1S/C30H26F4N4O4/c31-20-3-1-19(22(32)12-20)16-42-29-24(34)13-23(33)28(36-29)17-5-8-37(9-6-17)15-27-35-25-4-2-18(30(39)40)11-26(25)38(27)14-21-7-10-41-21/h1-5,11-13,21H,6-10,14-16H2,(H,39,40)/t21-/m0/s1. The van der Waals surface area contributed by atoms with Crippen LogP contribution in [0.15, 0.2) is 48.5 Å². The van der Waals surface area contributed by atoms with Crippen molar-refractivity contribution in [1.82, 2.24) is 19.4 Å². The summed E-state index contributed by atoms with van der Waals surface area (Å²) in [6.45, 7) is 2.27. The minimum absolute atomic E-state index is 0.00470. The second kappa shape index (κ2) is 11.5. The van der Waals surface area contributed by atoms with Gasteiger partial charge in [-0.1, -0.05) is 6.08 Å². The quantitative estimate of drug-likeness (QED) is 0.267. The number of hydrogen-bond acceptors (Lipinski definition) is 6. The normalized spacial score (nSPS) is 17.2. The van der Waals surface area contributed by atoms with Gasteiger partial charge in [0, 0.05) is 37.4 Å². The average Bonchev–Trinajstić information content (AvgIpc) is 3.27. The van der Waals surface area contributed by atoms with Crippen molar-refractivity contribution in [2.24, 2.45) is 0 Å². The molecular weight excluding hydrogens is 556 g/mol. The summed E-state index contributed by atoms with van der Waals surface area (Å²) in [5.74, 6) is -4.21. The first kappa shape index (κ1) is 27.9. The number of rotatable bonds is 9. The van der Waals surface area contributed by atoms with E-state index in [4.69, 9.17) is 14.5 Å². The second-order valence-electron chi connectivity index (χ2n) is 10.3. The van der Waals surface area contributed by atoms with Crippen molar-refractivity contribution in [3.8, 4) is 5.88 Å². The lowest BCUT2D eigenvalue weighted by atomic mass is 10.0. The lowest BCUT2D eigenvalue weighted by Crippen LogP contribution is -2.33. The molecule has 218 valence electrons. The van der Waals surface area contributed by atoms with Crippen LogP contribution in [0.1, 0.15) is 40.3 Å². The lowest BCUT2D eigenvalue weighted by Gasteiger charge is -2.29. The predicted molar refractivity (Wildman–Crippen MR) is 144 cm³/mol. The van der Waals surface area contributed by atoms with Gasteiger partial charge in [0.05, 0.1) is 35.8 Å². The van der Waals surface area contributed by atoms with E-state index >= 15 is 0 Å². The number of pyridine rings is 1. The largest absolute Gasteiger partial charge is 0.478 e. The summed E-state index contributed by atoms with van der Waals surface area (Å²) in [7, 11) is 0. The van der Waals surface area contributed by atoms with Gasteiger partial charge in [0.15, 0.2) is 11.6 Å². The van der Waals surface area contributed by atoms with Crippen molar-refractivity contribution in [1.29, 1.82) is 0 Å². The number of fused-ring (bicyclic) bond motifs is 1. The number of nitrogens with zero attached hydrogens (tertiary/aromatic N) is 4. The van der Waals surface area contributed by atoms with Crippen LogP contribution in [0.5, 0.6) is 5.88 Å². The van der Waals surface area contributed by atoms with E-state index in [2.05, 4.69) is 9.88 Å². The van der Waals surface area contributed by atoms with Crippen LogP contribution in [0.4, 0.5) is 17.6 Å². The van der Waals surface area contributed by atoms with E-state index in [9.17, 15) is 27.5 Å². The van der Waals surface area contributed by atoms with E-state index < -0.39 is 41.7 Å². The Morgan fingerprint density at radius 2 is 1.88 bits per heavy atom. The molecule has 1 saturated heterocycles. The number of carboxylic acid groups (broad SMARTS) is 1. The Morgan fingerprint density at radius 1 is 1.05 bits per heavy atom. The highest BCUT2D eigenvalue weighted by Crippen LogP contribution is 2.29. The monoisotopic (exact) mass is 582 g/mol. The fraction of sp³-hybridized carbons (Fsp3) is 0.300. The first-order valence-corrected chi connectivity index (χ1v) is 13.4. The molecule has 4 aromatic rings. The van der Waals surface area contributed by atoms with Crippen LogP contribution in [-0.4, -0.2) is 56.3 Å². The predicted octanol–water partition coefficient (Wildman–Crippen LogP) is 5.34. The summed E-state index contributed by atoms with van der Waals surface area (Å²) >= 11 is 0. The van der Waals surface area contributed by atoms with Gasteiger partial charge in [-0.2, -0.15) is 0 Å². The Bertz CT molecular complexity index is 1700. The summed E-state index contributed by atoms with van der Waals surface area (Å²) in [5, 5.41) is 9.46. The van der Waals surface area contributed by atoms with E-state index in [1.165, 1.54) is 12.1 Å². The number of aromatic nitrogens is 3. The molecule has 0 spiro atoms. The van der Waals surface area contributed by atoms with Gasteiger partial charge in [-0.25, -0.2) is 32.3 Å². The van der Waals surface area contributed by atoms with Crippen molar-refractivity contribution in [3.63, 3.8) is 0 Å². The molecule has 0 aliphatic carbocycles. The summed E-state index contributed by atoms with van der Waals surface area (Å²) < 4.78 is 69.3. The molecule has 0 bridgehead atoms. The number of carbonyl (C=O) groups is 1. The lowest BCUT2D eigenvalue weighted by molar-refractivity contribution is -0.0591. The number of halogens is 4. The Hall–Kier alpha value is -4.29. The number of ether oxygens (including phenoxy) is 2. The Labute approximate surface area is 237 Å². The van der Waals surface area contributed by atoms with Crippen LogP contribution in [0.3, 0.4) is 0 Å². The highest BCUT2D eigenvalue weighted by atomic mass is 19.1. The Balaban J connectivity index is 1.19. The summed E-state index contributed by atoms with van der Waals surface area (Å²) in [6.07, 6.45) is 3.16. The van der Waals surface area contributed by atoms with Crippen LogP contribution in [-0.2, 0) is 24.4 Å². The molecule has 1 atom stereocenters. The van der Waals surface area contributed by atoms with Gasteiger partial charge in [-0.15, -0.1) is 0 Å². The molecule has 2 aliphatic heterocycles. The van der Waals surface area contributed by atoms with Crippen LogP contribution in [0.2, 0.25) is 0 Å².